The largest absolute Gasteiger partial charge is 0.398 e. The zero-order valence-corrected chi connectivity index (χ0v) is 13.2. The summed E-state index contributed by atoms with van der Waals surface area (Å²) < 4.78 is 1.09. The van der Waals surface area contributed by atoms with Gasteiger partial charge in [0.1, 0.15) is 0 Å². The van der Waals surface area contributed by atoms with Gasteiger partial charge in [0.25, 0.3) is 0 Å². The van der Waals surface area contributed by atoms with Crippen LogP contribution in [0.25, 0.3) is 0 Å². The molecule has 2 N–H and O–H groups in total. The quantitative estimate of drug-likeness (QED) is 0.835. The van der Waals surface area contributed by atoms with Gasteiger partial charge in [-0.3, -0.25) is 0 Å². The van der Waals surface area contributed by atoms with Crippen molar-refractivity contribution in [3.8, 4) is 0 Å². The van der Waals surface area contributed by atoms with Crippen LogP contribution in [0.5, 0.6) is 0 Å². The summed E-state index contributed by atoms with van der Waals surface area (Å²) in [4.78, 5) is 2.44. The van der Waals surface area contributed by atoms with Gasteiger partial charge in [0.05, 0.1) is 0 Å². The van der Waals surface area contributed by atoms with Crippen LogP contribution in [0.2, 0.25) is 0 Å². The van der Waals surface area contributed by atoms with Crippen molar-refractivity contribution in [2.75, 3.05) is 17.2 Å². The molecule has 1 unspecified atom stereocenters. The van der Waals surface area contributed by atoms with E-state index in [1.165, 1.54) is 16.8 Å². The standard InChI is InChI=1S/C17H19BrN2/c1-12-9-13-5-2-3-8-17(13)20(10-12)11-14-15(18)6-4-7-16(14)19/h2-8,12H,9-11,19H2,1H3. The number of hydrogen-bond acceptors (Lipinski definition) is 2. The summed E-state index contributed by atoms with van der Waals surface area (Å²) in [6.07, 6.45) is 1.16. The Morgan fingerprint density at radius 2 is 2.00 bits per heavy atom. The number of para-hydroxylation sites is 1. The fourth-order valence-corrected chi connectivity index (χ4v) is 3.50. The lowest BCUT2D eigenvalue weighted by atomic mass is 9.93. The molecular weight excluding hydrogens is 312 g/mol. The number of nitrogen functional groups attached to an aromatic ring is 1. The molecule has 1 atom stereocenters. The van der Waals surface area contributed by atoms with Gasteiger partial charge in [-0.05, 0) is 36.1 Å². The van der Waals surface area contributed by atoms with E-state index in [4.69, 9.17) is 5.73 Å². The molecule has 3 rings (SSSR count). The summed E-state index contributed by atoms with van der Waals surface area (Å²) in [6.45, 7) is 4.25. The normalized spacial score (nSPS) is 17.9. The lowest BCUT2D eigenvalue weighted by Gasteiger charge is -2.35. The predicted octanol–water partition coefficient (Wildman–Crippen LogP) is 4.23. The molecule has 3 heteroatoms. The number of nitrogens with zero attached hydrogens (tertiary/aromatic N) is 1. The molecular formula is C17H19BrN2. The van der Waals surface area contributed by atoms with Crippen molar-refractivity contribution in [3.05, 3.63) is 58.1 Å². The van der Waals surface area contributed by atoms with Gasteiger partial charge in [0.15, 0.2) is 0 Å². The van der Waals surface area contributed by atoms with Gasteiger partial charge in [0, 0.05) is 34.5 Å². The average Bonchev–Trinajstić information content (AvgIpc) is 2.42. The summed E-state index contributed by atoms with van der Waals surface area (Å²) in [5.74, 6) is 0.675. The van der Waals surface area contributed by atoms with Crippen molar-refractivity contribution in [2.45, 2.75) is 19.9 Å². The van der Waals surface area contributed by atoms with E-state index in [2.05, 4.69) is 58.1 Å². The van der Waals surface area contributed by atoms with Gasteiger partial charge in [-0.2, -0.15) is 0 Å². The summed E-state index contributed by atoms with van der Waals surface area (Å²) in [6, 6.07) is 14.7. The van der Waals surface area contributed by atoms with Crippen LogP contribution in [0.3, 0.4) is 0 Å². The first-order valence-electron chi connectivity index (χ1n) is 7.01. The minimum Gasteiger partial charge on any atom is -0.398 e. The summed E-state index contributed by atoms with van der Waals surface area (Å²) in [7, 11) is 0. The molecule has 0 bridgehead atoms. The van der Waals surface area contributed by atoms with E-state index >= 15 is 0 Å². The summed E-state index contributed by atoms with van der Waals surface area (Å²) >= 11 is 3.62. The minimum atomic E-state index is 0.675. The molecule has 1 aliphatic heterocycles. The van der Waals surface area contributed by atoms with E-state index in [9.17, 15) is 0 Å². The van der Waals surface area contributed by atoms with Crippen LogP contribution in [0.15, 0.2) is 46.9 Å². The second kappa shape index (κ2) is 5.49. The fourth-order valence-electron chi connectivity index (χ4n) is 2.99. The predicted molar refractivity (Wildman–Crippen MR) is 88.9 cm³/mol. The molecule has 0 fully saturated rings. The molecule has 104 valence electrons. The van der Waals surface area contributed by atoms with Crippen LogP contribution >= 0.6 is 15.9 Å². The maximum Gasteiger partial charge on any atom is 0.0461 e. The van der Waals surface area contributed by atoms with E-state index in [1.54, 1.807) is 0 Å². The summed E-state index contributed by atoms with van der Waals surface area (Å²) in [5.41, 5.74) is 11.0. The van der Waals surface area contributed by atoms with Crippen molar-refractivity contribution >= 4 is 27.3 Å². The van der Waals surface area contributed by atoms with Gasteiger partial charge < -0.3 is 10.6 Å². The van der Waals surface area contributed by atoms with Crippen molar-refractivity contribution in [1.29, 1.82) is 0 Å². The van der Waals surface area contributed by atoms with E-state index < -0.39 is 0 Å². The Bertz CT molecular complexity index is 604. The van der Waals surface area contributed by atoms with Crippen molar-refractivity contribution in [2.24, 2.45) is 5.92 Å². The van der Waals surface area contributed by atoms with Crippen molar-refractivity contribution < 1.29 is 0 Å². The van der Waals surface area contributed by atoms with Crippen molar-refractivity contribution in [1.82, 2.24) is 0 Å². The Morgan fingerprint density at radius 3 is 2.80 bits per heavy atom. The number of nitrogens with two attached hydrogens (primary N) is 1. The molecule has 1 heterocycles. The highest BCUT2D eigenvalue weighted by Gasteiger charge is 2.22. The molecule has 0 saturated carbocycles. The minimum absolute atomic E-state index is 0.675. The van der Waals surface area contributed by atoms with Gasteiger partial charge in [-0.1, -0.05) is 47.1 Å². The van der Waals surface area contributed by atoms with Gasteiger partial charge in [-0.25, -0.2) is 0 Å². The maximum atomic E-state index is 6.14. The monoisotopic (exact) mass is 330 g/mol. The SMILES string of the molecule is CC1Cc2ccccc2N(Cc2c(N)cccc2Br)C1. The highest BCUT2D eigenvalue weighted by Crippen LogP contribution is 2.33. The highest BCUT2D eigenvalue weighted by atomic mass is 79.9. The molecule has 0 saturated heterocycles. The molecule has 1 aliphatic rings. The lowest BCUT2D eigenvalue weighted by Crippen LogP contribution is -2.34. The first-order valence-corrected chi connectivity index (χ1v) is 7.80. The van der Waals surface area contributed by atoms with Crippen LogP contribution in [0.1, 0.15) is 18.1 Å². The number of fused-ring (bicyclic) bond motifs is 1. The third-order valence-electron chi connectivity index (χ3n) is 3.94. The first kappa shape index (κ1) is 13.5. The second-order valence-corrected chi connectivity index (χ2v) is 6.48. The number of benzene rings is 2. The highest BCUT2D eigenvalue weighted by molar-refractivity contribution is 9.10. The maximum absolute atomic E-state index is 6.14. The Labute approximate surface area is 128 Å². The van der Waals surface area contributed by atoms with Gasteiger partial charge in [0.2, 0.25) is 0 Å². The zero-order valence-electron chi connectivity index (χ0n) is 11.6. The molecule has 0 aromatic heterocycles. The molecule has 0 aliphatic carbocycles. The molecule has 0 spiro atoms. The van der Waals surface area contributed by atoms with Crippen LogP contribution in [-0.4, -0.2) is 6.54 Å². The number of halogens is 1. The smallest absolute Gasteiger partial charge is 0.0461 e. The first-order chi connectivity index (χ1) is 9.65. The number of rotatable bonds is 2. The number of hydrogen-bond donors (Lipinski definition) is 1. The Morgan fingerprint density at radius 1 is 1.20 bits per heavy atom. The van der Waals surface area contributed by atoms with Crippen LogP contribution < -0.4 is 10.6 Å². The summed E-state index contributed by atoms with van der Waals surface area (Å²) in [5, 5.41) is 0. The Kier molecular flexibility index (Phi) is 3.70. The molecule has 0 radical (unpaired) electrons. The van der Waals surface area contributed by atoms with Crippen molar-refractivity contribution in [3.63, 3.8) is 0 Å². The topological polar surface area (TPSA) is 29.3 Å². The fraction of sp³-hybridized carbons (Fsp3) is 0.294. The van der Waals surface area contributed by atoms with Gasteiger partial charge >= 0.3 is 0 Å². The third kappa shape index (κ3) is 2.55. The van der Waals surface area contributed by atoms with E-state index in [0.717, 1.165) is 29.7 Å². The zero-order chi connectivity index (χ0) is 14.1. The molecule has 20 heavy (non-hydrogen) atoms. The van der Waals surface area contributed by atoms with E-state index in [1.807, 2.05) is 12.1 Å². The van der Waals surface area contributed by atoms with Crippen LogP contribution in [-0.2, 0) is 13.0 Å². The van der Waals surface area contributed by atoms with Crippen LogP contribution in [0.4, 0.5) is 11.4 Å². The van der Waals surface area contributed by atoms with Gasteiger partial charge in [-0.15, -0.1) is 0 Å². The third-order valence-corrected chi connectivity index (χ3v) is 4.68. The average molecular weight is 331 g/mol. The second-order valence-electron chi connectivity index (χ2n) is 5.63. The Hall–Kier alpha value is -1.48. The molecule has 2 aromatic carbocycles. The molecule has 0 amide bonds. The number of anilines is 2. The van der Waals surface area contributed by atoms with E-state index in [0.29, 0.717) is 5.92 Å². The van der Waals surface area contributed by atoms with E-state index in [-0.39, 0.29) is 0 Å². The lowest BCUT2D eigenvalue weighted by molar-refractivity contribution is 0.530. The molecule has 2 nitrogen and oxygen atoms in total. The van der Waals surface area contributed by atoms with Crippen LogP contribution in [0, 0.1) is 5.92 Å². The Balaban J connectivity index is 1.95. The molecule has 2 aromatic rings.